The third kappa shape index (κ3) is 4.41. The number of fused-ring (bicyclic) bond motifs is 1. The molecule has 3 aromatic rings. The van der Waals surface area contributed by atoms with Gasteiger partial charge in [0.25, 0.3) is 5.91 Å². The second kappa shape index (κ2) is 8.10. The molecule has 140 valence electrons. The second-order valence-corrected chi connectivity index (χ2v) is 7.70. The average molecular weight is 492 g/mol. The van der Waals surface area contributed by atoms with Gasteiger partial charge in [0, 0.05) is 15.4 Å². The van der Waals surface area contributed by atoms with Gasteiger partial charge in [-0.2, -0.15) is 0 Å². The molecule has 0 saturated heterocycles. The van der Waals surface area contributed by atoms with E-state index in [1.165, 1.54) is 12.1 Å². The summed E-state index contributed by atoms with van der Waals surface area (Å²) in [4.78, 5) is 24.3. The summed E-state index contributed by atoms with van der Waals surface area (Å²) in [5.74, 6) is -1.28. The van der Waals surface area contributed by atoms with E-state index in [-0.39, 0.29) is 26.5 Å². The lowest BCUT2D eigenvalue weighted by Crippen LogP contribution is -2.21. The van der Waals surface area contributed by atoms with E-state index in [4.69, 9.17) is 44.0 Å². The summed E-state index contributed by atoms with van der Waals surface area (Å²) < 4.78 is 11.4. The van der Waals surface area contributed by atoms with E-state index >= 15 is 0 Å². The summed E-state index contributed by atoms with van der Waals surface area (Å²) in [6.45, 7) is 1.22. The lowest BCUT2D eigenvalue weighted by Gasteiger charge is -2.09. The zero-order chi connectivity index (χ0) is 19.7. The first-order valence-corrected chi connectivity index (χ1v) is 9.49. The molecular weight excluding hydrogens is 480 g/mol. The van der Waals surface area contributed by atoms with Crippen molar-refractivity contribution < 1.29 is 18.7 Å². The average Bonchev–Trinajstić information content (AvgIpc) is 2.94. The van der Waals surface area contributed by atoms with Crippen LogP contribution in [0.3, 0.4) is 0 Å². The van der Waals surface area contributed by atoms with Crippen molar-refractivity contribution in [3.8, 4) is 0 Å². The predicted molar refractivity (Wildman–Crippen MR) is 109 cm³/mol. The highest BCUT2D eigenvalue weighted by Gasteiger charge is 2.20. The van der Waals surface area contributed by atoms with Gasteiger partial charge in [0.15, 0.2) is 6.61 Å². The number of esters is 1. The molecule has 1 amide bonds. The maximum atomic E-state index is 12.3. The SMILES string of the molecule is Cc1c(C(=O)OCC(=O)Nc2cc(Cl)c(Cl)cc2Cl)oc2ccc(Br)cc12. The maximum absolute atomic E-state index is 12.3. The third-order valence-electron chi connectivity index (χ3n) is 3.70. The quantitative estimate of drug-likeness (QED) is 0.346. The van der Waals surface area contributed by atoms with Crippen molar-refractivity contribution in [3.63, 3.8) is 0 Å². The van der Waals surface area contributed by atoms with Gasteiger partial charge in [-0.05, 0) is 37.3 Å². The number of hydrogen-bond acceptors (Lipinski definition) is 4. The van der Waals surface area contributed by atoms with Crippen LogP contribution in [0, 0.1) is 6.92 Å². The minimum Gasteiger partial charge on any atom is -0.450 e. The molecule has 5 nitrogen and oxygen atoms in total. The Morgan fingerprint density at radius 2 is 1.81 bits per heavy atom. The number of carbonyl (C=O) groups excluding carboxylic acids is 2. The van der Waals surface area contributed by atoms with Crippen LogP contribution in [0.15, 0.2) is 39.2 Å². The van der Waals surface area contributed by atoms with Crippen LogP contribution in [0.4, 0.5) is 5.69 Å². The van der Waals surface area contributed by atoms with Crippen molar-refractivity contribution in [3.05, 3.63) is 61.2 Å². The molecule has 0 atom stereocenters. The van der Waals surface area contributed by atoms with Crippen molar-refractivity contribution in [2.24, 2.45) is 0 Å². The molecule has 0 aliphatic rings. The largest absolute Gasteiger partial charge is 0.450 e. The molecule has 1 N–H and O–H groups in total. The van der Waals surface area contributed by atoms with E-state index in [0.29, 0.717) is 11.1 Å². The van der Waals surface area contributed by atoms with Crippen LogP contribution >= 0.6 is 50.7 Å². The zero-order valence-corrected chi connectivity index (χ0v) is 17.6. The first-order chi connectivity index (χ1) is 12.8. The molecule has 3 rings (SSSR count). The molecule has 1 heterocycles. The van der Waals surface area contributed by atoms with E-state index in [1.807, 2.05) is 6.07 Å². The molecule has 0 aliphatic heterocycles. The molecule has 27 heavy (non-hydrogen) atoms. The summed E-state index contributed by atoms with van der Waals surface area (Å²) in [7, 11) is 0. The lowest BCUT2D eigenvalue weighted by atomic mass is 10.1. The Kier molecular flexibility index (Phi) is 6.01. The molecule has 0 spiro atoms. The number of carbonyl (C=O) groups is 2. The van der Waals surface area contributed by atoms with Crippen LogP contribution < -0.4 is 5.32 Å². The number of anilines is 1. The van der Waals surface area contributed by atoms with Crippen molar-refractivity contribution in [1.29, 1.82) is 0 Å². The normalized spacial score (nSPS) is 10.9. The van der Waals surface area contributed by atoms with Crippen molar-refractivity contribution >= 4 is 79.3 Å². The Morgan fingerprint density at radius 3 is 2.56 bits per heavy atom. The van der Waals surface area contributed by atoms with Crippen LogP contribution in [0.1, 0.15) is 16.1 Å². The highest BCUT2D eigenvalue weighted by atomic mass is 79.9. The Labute approximate surface area is 177 Å². The smallest absolute Gasteiger partial charge is 0.375 e. The van der Waals surface area contributed by atoms with E-state index in [9.17, 15) is 9.59 Å². The second-order valence-electron chi connectivity index (χ2n) is 5.57. The number of ether oxygens (including phenoxy) is 1. The Morgan fingerprint density at radius 1 is 1.11 bits per heavy atom. The molecular formula is C18H11BrCl3NO4. The van der Waals surface area contributed by atoms with Crippen LogP contribution in [0.25, 0.3) is 11.0 Å². The lowest BCUT2D eigenvalue weighted by molar-refractivity contribution is -0.119. The van der Waals surface area contributed by atoms with Crippen LogP contribution in [-0.4, -0.2) is 18.5 Å². The number of rotatable bonds is 4. The van der Waals surface area contributed by atoms with Gasteiger partial charge in [0.2, 0.25) is 5.76 Å². The minimum atomic E-state index is -0.741. The molecule has 2 aromatic carbocycles. The topological polar surface area (TPSA) is 68.5 Å². The fourth-order valence-electron chi connectivity index (χ4n) is 2.39. The van der Waals surface area contributed by atoms with E-state index in [1.54, 1.807) is 19.1 Å². The Bertz CT molecular complexity index is 1060. The van der Waals surface area contributed by atoms with Crippen LogP contribution in [-0.2, 0) is 9.53 Å². The Hall–Kier alpha value is -1.73. The van der Waals surface area contributed by atoms with Gasteiger partial charge in [0.05, 0.1) is 20.8 Å². The number of amides is 1. The summed E-state index contributed by atoms with van der Waals surface area (Å²) in [5.41, 5.74) is 1.44. The number of aryl methyl sites for hydroxylation is 1. The first-order valence-electron chi connectivity index (χ1n) is 7.56. The minimum absolute atomic E-state index is 0.0449. The molecule has 0 unspecified atom stereocenters. The van der Waals surface area contributed by atoms with E-state index < -0.39 is 18.5 Å². The van der Waals surface area contributed by atoms with Crippen molar-refractivity contribution in [1.82, 2.24) is 0 Å². The van der Waals surface area contributed by atoms with Crippen LogP contribution in [0.2, 0.25) is 15.1 Å². The van der Waals surface area contributed by atoms with E-state index in [2.05, 4.69) is 21.2 Å². The molecule has 0 aliphatic carbocycles. The standard InChI is InChI=1S/C18H11BrCl3NO4/c1-8-10-4-9(19)2-3-15(10)27-17(8)18(25)26-7-16(24)23-14-6-12(21)11(20)5-13(14)22/h2-6H,7H2,1H3,(H,23,24). The third-order valence-corrected chi connectivity index (χ3v) is 5.23. The van der Waals surface area contributed by atoms with Gasteiger partial charge in [-0.1, -0.05) is 50.7 Å². The monoisotopic (exact) mass is 489 g/mol. The first kappa shape index (κ1) is 20.0. The highest BCUT2D eigenvalue weighted by molar-refractivity contribution is 9.10. The van der Waals surface area contributed by atoms with Gasteiger partial charge < -0.3 is 14.5 Å². The maximum Gasteiger partial charge on any atom is 0.375 e. The number of hydrogen-bond donors (Lipinski definition) is 1. The molecule has 0 radical (unpaired) electrons. The zero-order valence-electron chi connectivity index (χ0n) is 13.7. The molecule has 0 bridgehead atoms. The number of nitrogens with one attached hydrogen (secondary N) is 1. The van der Waals surface area contributed by atoms with Gasteiger partial charge in [-0.25, -0.2) is 4.79 Å². The fourth-order valence-corrected chi connectivity index (χ4v) is 3.34. The highest BCUT2D eigenvalue weighted by Crippen LogP contribution is 2.32. The number of furan rings is 1. The van der Waals surface area contributed by atoms with Crippen molar-refractivity contribution in [2.45, 2.75) is 6.92 Å². The fraction of sp³-hybridized carbons (Fsp3) is 0.111. The summed E-state index contributed by atoms with van der Waals surface area (Å²) in [5, 5.41) is 3.99. The molecule has 1 aromatic heterocycles. The van der Waals surface area contributed by atoms with Gasteiger partial charge in [0.1, 0.15) is 5.58 Å². The van der Waals surface area contributed by atoms with Crippen molar-refractivity contribution in [2.75, 3.05) is 11.9 Å². The van der Waals surface area contributed by atoms with Gasteiger partial charge in [-0.15, -0.1) is 0 Å². The number of halogens is 4. The number of benzene rings is 2. The molecule has 0 fully saturated rings. The predicted octanol–water partition coefficient (Wildman–Crippen LogP) is 6.26. The summed E-state index contributed by atoms with van der Waals surface area (Å²) in [6, 6.07) is 8.19. The molecule has 0 saturated carbocycles. The van der Waals surface area contributed by atoms with Gasteiger partial charge >= 0.3 is 5.97 Å². The van der Waals surface area contributed by atoms with Crippen LogP contribution in [0.5, 0.6) is 0 Å². The molecule has 9 heteroatoms. The summed E-state index contributed by atoms with van der Waals surface area (Å²) >= 11 is 21.1. The van der Waals surface area contributed by atoms with Gasteiger partial charge in [-0.3, -0.25) is 4.79 Å². The van der Waals surface area contributed by atoms with E-state index in [0.717, 1.165) is 9.86 Å². The summed E-state index contributed by atoms with van der Waals surface area (Å²) in [6.07, 6.45) is 0. The Balaban J connectivity index is 1.68.